The SMILES string of the molecule is Cn1ccnc1N1CCC(NC(=O)c2ccc(C(F)F)cc2)CC1. The Hall–Kier alpha value is -2.44. The molecule has 1 N–H and O–H groups in total. The van der Waals surface area contributed by atoms with E-state index in [0.29, 0.717) is 5.56 Å². The largest absolute Gasteiger partial charge is 0.349 e. The van der Waals surface area contributed by atoms with Crippen molar-refractivity contribution < 1.29 is 13.6 Å². The Morgan fingerprint density at radius 2 is 1.92 bits per heavy atom. The maximum absolute atomic E-state index is 12.5. The highest BCUT2D eigenvalue weighted by molar-refractivity contribution is 5.94. The topological polar surface area (TPSA) is 50.2 Å². The van der Waals surface area contributed by atoms with Crippen molar-refractivity contribution in [2.75, 3.05) is 18.0 Å². The number of imidazole rings is 1. The molecule has 5 nitrogen and oxygen atoms in total. The van der Waals surface area contributed by atoms with Gasteiger partial charge >= 0.3 is 0 Å². The second-order valence-electron chi connectivity index (χ2n) is 6.00. The predicted octanol–water partition coefficient (Wildman–Crippen LogP) is 2.76. The lowest BCUT2D eigenvalue weighted by atomic mass is 10.0. The number of aryl methyl sites for hydroxylation is 1. The van der Waals surface area contributed by atoms with Crippen LogP contribution >= 0.6 is 0 Å². The number of piperidine rings is 1. The Morgan fingerprint density at radius 3 is 2.46 bits per heavy atom. The quantitative estimate of drug-likeness (QED) is 0.935. The van der Waals surface area contributed by atoms with Gasteiger partial charge in [-0.1, -0.05) is 12.1 Å². The average molecular weight is 334 g/mol. The standard InChI is InChI=1S/C17H20F2N4O/c1-22-11-8-20-17(22)23-9-6-14(7-10-23)21-16(24)13-4-2-12(3-5-13)15(18)19/h2-5,8,11,14-15H,6-7,9-10H2,1H3,(H,21,24). The first-order chi connectivity index (χ1) is 11.5. The maximum Gasteiger partial charge on any atom is 0.263 e. The zero-order chi connectivity index (χ0) is 17.1. The van der Waals surface area contributed by atoms with Crippen LogP contribution in [0.1, 0.15) is 35.2 Å². The van der Waals surface area contributed by atoms with Gasteiger partial charge in [-0.05, 0) is 25.0 Å². The van der Waals surface area contributed by atoms with Crippen molar-refractivity contribution in [3.05, 3.63) is 47.8 Å². The molecule has 1 aliphatic rings. The molecule has 0 bridgehead atoms. The fraction of sp³-hybridized carbons (Fsp3) is 0.412. The van der Waals surface area contributed by atoms with Crippen LogP contribution < -0.4 is 10.2 Å². The minimum atomic E-state index is -2.52. The molecule has 0 spiro atoms. The molecule has 0 aliphatic carbocycles. The Labute approximate surface area is 139 Å². The number of benzene rings is 1. The Morgan fingerprint density at radius 1 is 1.25 bits per heavy atom. The maximum atomic E-state index is 12.5. The Balaban J connectivity index is 1.54. The molecule has 0 unspecified atom stereocenters. The molecule has 7 heteroatoms. The third kappa shape index (κ3) is 3.55. The van der Waals surface area contributed by atoms with Crippen molar-refractivity contribution >= 4 is 11.9 Å². The van der Waals surface area contributed by atoms with Crippen molar-refractivity contribution in [3.8, 4) is 0 Å². The van der Waals surface area contributed by atoms with Crippen molar-refractivity contribution in [2.24, 2.45) is 7.05 Å². The first-order valence-corrected chi connectivity index (χ1v) is 7.96. The molecule has 1 amide bonds. The second-order valence-corrected chi connectivity index (χ2v) is 6.00. The average Bonchev–Trinajstić information content (AvgIpc) is 3.01. The molecular weight excluding hydrogens is 314 g/mol. The van der Waals surface area contributed by atoms with E-state index in [0.717, 1.165) is 31.9 Å². The minimum absolute atomic E-state index is 0.0741. The van der Waals surface area contributed by atoms with Gasteiger partial charge in [0, 0.05) is 49.7 Å². The lowest BCUT2D eigenvalue weighted by Gasteiger charge is -2.33. The lowest BCUT2D eigenvalue weighted by molar-refractivity contribution is 0.0930. The number of anilines is 1. The van der Waals surface area contributed by atoms with Gasteiger partial charge in [0.1, 0.15) is 0 Å². The number of carbonyl (C=O) groups is 1. The molecule has 2 heterocycles. The van der Waals surface area contributed by atoms with Crippen LogP contribution in [0.4, 0.5) is 14.7 Å². The number of hydrogen-bond donors (Lipinski definition) is 1. The zero-order valence-corrected chi connectivity index (χ0v) is 13.5. The number of alkyl halides is 2. The molecule has 0 atom stereocenters. The van der Waals surface area contributed by atoms with E-state index in [1.54, 1.807) is 6.20 Å². The molecule has 128 valence electrons. The van der Waals surface area contributed by atoms with Crippen molar-refractivity contribution in [1.82, 2.24) is 14.9 Å². The Kier molecular flexibility index (Phi) is 4.78. The molecule has 24 heavy (non-hydrogen) atoms. The van der Waals surface area contributed by atoms with Gasteiger partial charge in [-0.15, -0.1) is 0 Å². The molecule has 2 aromatic rings. The van der Waals surface area contributed by atoms with Crippen LogP contribution in [0.25, 0.3) is 0 Å². The van der Waals surface area contributed by atoms with Gasteiger partial charge in [0.15, 0.2) is 0 Å². The third-order valence-corrected chi connectivity index (χ3v) is 4.33. The Bertz CT molecular complexity index is 691. The van der Waals surface area contributed by atoms with Crippen LogP contribution in [0, 0.1) is 0 Å². The molecule has 3 rings (SSSR count). The summed E-state index contributed by atoms with van der Waals surface area (Å²) in [6.07, 6.45) is 2.82. The van der Waals surface area contributed by atoms with E-state index in [1.807, 2.05) is 17.8 Å². The molecule has 0 radical (unpaired) electrons. The molecule has 1 aromatic heterocycles. The van der Waals surface area contributed by atoms with Crippen LogP contribution in [0.5, 0.6) is 0 Å². The zero-order valence-electron chi connectivity index (χ0n) is 13.5. The van der Waals surface area contributed by atoms with Crippen LogP contribution in [0.2, 0.25) is 0 Å². The molecular formula is C17H20F2N4O. The van der Waals surface area contributed by atoms with Gasteiger partial charge in [-0.25, -0.2) is 13.8 Å². The summed E-state index contributed by atoms with van der Waals surface area (Å²) in [5.74, 6) is 0.716. The van der Waals surface area contributed by atoms with Crippen molar-refractivity contribution in [1.29, 1.82) is 0 Å². The van der Waals surface area contributed by atoms with E-state index in [9.17, 15) is 13.6 Å². The predicted molar refractivity (Wildman–Crippen MR) is 87.3 cm³/mol. The van der Waals surface area contributed by atoms with E-state index < -0.39 is 6.43 Å². The van der Waals surface area contributed by atoms with E-state index in [4.69, 9.17) is 0 Å². The first-order valence-electron chi connectivity index (χ1n) is 7.96. The number of amides is 1. The number of rotatable bonds is 4. The minimum Gasteiger partial charge on any atom is -0.349 e. The fourth-order valence-corrected chi connectivity index (χ4v) is 2.93. The van der Waals surface area contributed by atoms with E-state index in [1.165, 1.54) is 24.3 Å². The molecule has 0 saturated carbocycles. The van der Waals surface area contributed by atoms with Crippen LogP contribution in [-0.2, 0) is 7.05 Å². The van der Waals surface area contributed by atoms with Crippen LogP contribution in [-0.4, -0.2) is 34.6 Å². The van der Waals surface area contributed by atoms with E-state index in [-0.39, 0.29) is 17.5 Å². The van der Waals surface area contributed by atoms with Crippen molar-refractivity contribution in [2.45, 2.75) is 25.3 Å². The summed E-state index contributed by atoms with van der Waals surface area (Å²) >= 11 is 0. The summed E-state index contributed by atoms with van der Waals surface area (Å²) in [5, 5.41) is 2.98. The summed E-state index contributed by atoms with van der Waals surface area (Å²) in [4.78, 5) is 18.8. The van der Waals surface area contributed by atoms with Gasteiger partial charge in [-0.3, -0.25) is 4.79 Å². The van der Waals surface area contributed by atoms with Gasteiger partial charge in [0.25, 0.3) is 12.3 Å². The number of aromatic nitrogens is 2. The first kappa shape index (κ1) is 16.4. The highest BCUT2D eigenvalue weighted by Gasteiger charge is 2.23. The highest BCUT2D eigenvalue weighted by Crippen LogP contribution is 2.20. The van der Waals surface area contributed by atoms with Crippen LogP contribution in [0.15, 0.2) is 36.7 Å². The highest BCUT2D eigenvalue weighted by atomic mass is 19.3. The number of hydrogen-bond acceptors (Lipinski definition) is 3. The number of nitrogens with one attached hydrogen (secondary N) is 1. The molecule has 1 saturated heterocycles. The van der Waals surface area contributed by atoms with Gasteiger partial charge < -0.3 is 14.8 Å². The van der Waals surface area contributed by atoms with E-state index >= 15 is 0 Å². The smallest absolute Gasteiger partial charge is 0.263 e. The normalized spacial score (nSPS) is 15.8. The summed E-state index contributed by atoms with van der Waals surface area (Å²) in [6, 6.07) is 5.57. The summed E-state index contributed by atoms with van der Waals surface area (Å²) in [6.45, 7) is 1.64. The number of carbonyl (C=O) groups excluding carboxylic acids is 1. The third-order valence-electron chi connectivity index (χ3n) is 4.33. The lowest BCUT2D eigenvalue weighted by Crippen LogP contribution is -2.45. The van der Waals surface area contributed by atoms with Crippen molar-refractivity contribution in [3.63, 3.8) is 0 Å². The molecule has 1 fully saturated rings. The van der Waals surface area contributed by atoms with Gasteiger partial charge in [-0.2, -0.15) is 0 Å². The molecule has 1 aromatic carbocycles. The van der Waals surface area contributed by atoms with Gasteiger partial charge in [0.05, 0.1) is 0 Å². The fourth-order valence-electron chi connectivity index (χ4n) is 2.93. The van der Waals surface area contributed by atoms with Crippen LogP contribution in [0.3, 0.4) is 0 Å². The number of halogens is 2. The summed E-state index contributed by atoms with van der Waals surface area (Å²) < 4.78 is 27.1. The monoisotopic (exact) mass is 334 g/mol. The summed E-state index contributed by atoms with van der Waals surface area (Å²) in [5.41, 5.74) is 0.334. The summed E-state index contributed by atoms with van der Waals surface area (Å²) in [7, 11) is 1.96. The molecule has 1 aliphatic heterocycles. The number of nitrogens with zero attached hydrogens (tertiary/aromatic N) is 3. The van der Waals surface area contributed by atoms with E-state index in [2.05, 4.69) is 15.2 Å². The van der Waals surface area contributed by atoms with Gasteiger partial charge in [0.2, 0.25) is 5.95 Å². The second kappa shape index (κ2) is 6.98.